The number of Topliss-reactive ketones (excluding diaryl/α,β-unsaturated/α-hetero) is 1. The second-order valence-electron chi connectivity index (χ2n) is 5.84. The van der Waals surface area contributed by atoms with Gasteiger partial charge in [0.15, 0.2) is 0 Å². The van der Waals surface area contributed by atoms with Gasteiger partial charge in [0.2, 0.25) is 0 Å². The van der Waals surface area contributed by atoms with Gasteiger partial charge in [0.25, 0.3) is 0 Å². The van der Waals surface area contributed by atoms with Crippen molar-refractivity contribution >= 4 is 19.0 Å². The molecule has 1 rings (SSSR count). The van der Waals surface area contributed by atoms with Crippen molar-refractivity contribution in [3.8, 4) is 0 Å². The van der Waals surface area contributed by atoms with E-state index in [9.17, 15) is 4.79 Å². The molecule has 2 nitrogen and oxygen atoms in total. The van der Waals surface area contributed by atoms with E-state index < -0.39 is 18.9 Å². The van der Waals surface area contributed by atoms with Crippen molar-refractivity contribution in [3.05, 3.63) is 0 Å². The number of carbonyl (C=O) groups excluding carboxylic acids is 1. The number of rotatable bonds is 5. The molecular formula is C14H28GeO2. The summed E-state index contributed by atoms with van der Waals surface area (Å²) in [7, 11) is 0. The fraction of sp³-hybridized carbons (Fsp3) is 0.929. The van der Waals surface area contributed by atoms with Gasteiger partial charge in [-0.2, -0.15) is 0 Å². The summed E-state index contributed by atoms with van der Waals surface area (Å²) in [6.45, 7) is 12.9. The molecule has 1 heterocycles. The molecule has 17 heavy (non-hydrogen) atoms. The third kappa shape index (κ3) is 2.63. The van der Waals surface area contributed by atoms with E-state index in [4.69, 9.17) is 4.74 Å². The summed E-state index contributed by atoms with van der Waals surface area (Å²) in [4.78, 5) is 11.7. The van der Waals surface area contributed by atoms with Crippen molar-refractivity contribution in [2.24, 2.45) is 0 Å². The van der Waals surface area contributed by atoms with E-state index in [1.54, 1.807) is 6.92 Å². The van der Waals surface area contributed by atoms with E-state index in [1.165, 1.54) is 15.8 Å². The zero-order chi connectivity index (χ0) is 13.3. The van der Waals surface area contributed by atoms with Crippen LogP contribution in [0.25, 0.3) is 0 Å². The Hall–Kier alpha value is 0.173. The standard InChI is InChI=1S/C14H28GeO2/c1-7-15(8-2,9-3)13-10-14(6,12(5)16)17-11(13)4/h11,13H,7-10H2,1-6H3/t11-,13+,14+/m1/s1. The average molecular weight is 301 g/mol. The van der Waals surface area contributed by atoms with Crippen LogP contribution >= 0.6 is 0 Å². The average Bonchev–Trinajstić information content (AvgIpc) is 2.60. The van der Waals surface area contributed by atoms with Gasteiger partial charge >= 0.3 is 109 Å². The van der Waals surface area contributed by atoms with Crippen LogP contribution in [-0.4, -0.2) is 30.8 Å². The van der Waals surface area contributed by atoms with Gasteiger partial charge < -0.3 is 0 Å². The Labute approximate surface area is 109 Å². The number of carbonyl (C=O) groups is 1. The molecule has 0 bridgehead atoms. The molecule has 0 aromatic heterocycles. The summed E-state index contributed by atoms with van der Waals surface area (Å²) in [5.74, 6) is 0.200. The van der Waals surface area contributed by atoms with Gasteiger partial charge in [0.05, 0.1) is 0 Å². The van der Waals surface area contributed by atoms with Crippen LogP contribution in [0.1, 0.15) is 48.0 Å². The van der Waals surface area contributed by atoms with Crippen LogP contribution in [0.2, 0.25) is 20.5 Å². The maximum atomic E-state index is 11.7. The molecule has 0 saturated carbocycles. The van der Waals surface area contributed by atoms with E-state index in [0.717, 1.165) is 6.42 Å². The van der Waals surface area contributed by atoms with E-state index in [2.05, 4.69) is 27.7 Å². The summed E-state index contributed by atoms with van der Waals surface area (Å²) < 4.78 is 6.73. The van der Waals surface area contributed by atoms with Crippen LogP contribution in [0.4, 0.5) is 0 Å². The minimum absolute atomic E-state index is 0.200. The zero-order valence-electron chi connectivity index (χ0n) is 12.3. The van der Waals surface area contributed by atoms with E-state index >= 15 is 0 Å². The third-order valence-electron chi connectivity index (χ3n) is 5.27. The fourth-order valence-corrected chi connectivity index (χ4v) is 14.0. The van der Waals surface area contributed by atoms with Crippen molar-refractivity contribution in [2.45, 2.75) is 80.2 Å². The zero-order valence-corrected chi connectivity index (χ0v) is 14.4. The van der Waals surface area contributed by atoms with Crippen LogP contribution in [0, 0.1) is 0 Å². The molecule has 1 fully saturated rings. The molecule has 0 N–H and O–H groups in total. The Balaban J connectivity index is 2.97. The van der Waals surface area contributed by atoms with Crippen LogP contribution in [0.5, 0.6) is 0 Å². The second kappa shape index (κ2) is 5.44. The summed E-state index contributed by atoms with van der Waals surface area (Å²) in [5, 5.41) is 4.08. The van der Waals surface area contributed by atoms with Crippen molar-refractivity contribution < 1.29 is 9.53 Å². The quantitative estimate of drug-likeness (QED) is 0.717. The third-order valence-corrected chi connectivity index (χ3v) is 18.8. The van der Waals surface area contributed by atoms with E-state index in [1.807, 2.05) is 6.92 Å². The first-order valence-electron chi connectivity index (χ1n) is 7.04. The number of ketones is 1. The first kappa shape index (κ1) is 15.2. The molecule has 0 aromatic carbocycles. The fourth-order valence-electron chi connectivity index (χ4n) is 3.60. The molecule has 3 heteroatoms. The molecule has 1 saturated heterocycles. The molecule has 0 aromatic rings. The number of hydrogen-bond donors (Lipinski definition) is 0. The van der Waals surface area contributed by atoms with Crippen LogP contribution in [0.15, 0.2) is 0 Å². The number of hydrogen-bond acceptors (Lipinski definition) is 2. The van der Waals surface area contributed by atoms with Gasteiger partial charge in [-0.1, -0.05) is 0 Å². The Kier molecular flexibility index (Phi) is 4.87. The molecule has 100 valence electrons. The summed E-state index contributed by atoms with van der Waals surface area (Å²) >= 11 is -1.82. The molecule has 0 radical (unpaired) electrons. The SMILES string of the molecule is C[CH2][Ge]([CH2]C)([CH2]C)[C@H]1C[C@@](C)(C(C)=O)O[C@@H]1C. The summed E-state index contributed by atoms with van der Waals surface area (Å²) in [6.07, 6.45) is 1.25. The van der Waals surface area contributed by atoms with E-state index in [0.29, 0.717) is 4.75 Å². The van der Waals surface area contributed by atoms with Gasteiger partial charge in [-0.15, -0.1) is 0 Å². The normalized spacial score (nSPS) is 34.0. The van der Waals surface area contributed by atoms with Gasteiger partial charge in [0, 0.05) is 0 Å². The van der Waals surface area contributed by atoms with E-state index in [-0.39, 0.29) is 11.9 Å². The summed E-state index contributed by atoms with van der Waals surface area (Å²) in [5.41, 5.74) is -0.500. The van der Waals surface area contributed by atoms with Gasteiger partial charge in [0.1, 0.15) is 0 Å². The Morgan fingerprint density at radius 3 is 2.06 bits per heavy atom. The molecule has 0 aliphatic carbocycles. The van der Waals surface area contributed by atoms with Crippen molar-refractivity contribution in [3.63, 3.8) is 0 Å². The molecule has 0 amide bonds. The minimum atomic E-state index is -1.82. The molecular weight excluding hydrogens is 273 g/mol. The molecule has 3 atom stereocenters. The maximum absolute atomic E-state index is 11.7. The van der Waals surface area contributed by atoms with Crippen molar-refractivity contribution in [1.29, 1.82) is 0 Å². The first-order valence-corrected chi connectivity index (χ1v) is 12.7. The van der Waals surface area contributed by atoms with Crippen molar-refractivity contribution in [2.75, 3.05) is 0 Å². The van der Waals surface area contributed by atoms with Gasteiger partial charge in [-0.05, 0) is 0 Å². The van der Waals surface area contributed by atoms with Crippen LogP contribution in [0.3, 0.4) is 0 Å². The Morgan fingerprint density at radius 1 is 1.29 bits per heavy atom. The Bertz CT molecular complexity index is 278. The van der Waals surface area contributed by atoms with Gasteiger partial charge in [-0.3, -0.25) is 0 Å². The number of ether oxygens (including phenoxy) is 1. The summed E-state index contributed by atoms with van der Waals surface area (Å²) in [6, 6.07) is 0. The van der Waals surface area contributed by atoms with Crippen LogP contribution < -0.4 is 0 Å². The molecule has 1 aliphatic rings. The van der Waals surface area contributed by atoms with Gasteiger partial charge in [-0.25, -0.2) is 0 Å². The topological polar surface area (TPSA) is 26.3 Å². The predicted molar refractivity (Wildman–Crippen MR) is 75.2 cm³/mol. The van der Waals surface area contributed by atoms with Crippen molar-refractivity contribution in [1.82, 2.24) is 0 Å². The molecule has 0 spiro atoms. The predicted octanol–water partition coefficient (Wildman–Crippen LogP) is 4.02. The monoisotopic (exact) mass is 302 g/mol. The second-order valence-corrected chi connectivity index (χ2v) is 17.6. The Morgan fingerprint density at radius 2 is 1.76 bits per heavy atom. The molecule has 1 aliphatic heterocycles. The first-order chi connectivity index (χ1) is 7.85. The molecule has 0 unspecified atom stereocenters. The van der Waals surface area contributed by atoms with Crippen LogP contribution in [-0.2, 0) is 9.53 Å².